The van der Waals surface area contributed by atoms with Gasteiger partial charge in [0.2, 0.25) is 5.89 Å². The van der Waals surface area contributed by atoms with Gasteiger partial charge in [0.15, 0.2) is 0 Å². The molecule has 0 saturated carbocycles. The number of unbranched alkanes of at least 4 members (excludes halogenated alkanes) is 1. The van der Waals surface area contributed by atoms with E-state index >= 15 is 0 Å². The van der Waals surface area contributed by atoms with Gasteiger partial charge in [0.1, 0.15) is 24.3 Å². The highest BCUT2D eigenvalue weighted by Gasteiger charge is 2.03. The number of halogens is 1. The molecule has 0 atom stereocenters. The third kappa shape index (κ3) is 6.55. The molecule has 31 heavy (non-hydrogen) atoms. The van der Waals surface area contributed by atoms with Crippen molar-refractivity contribution in [2.24, 2.45) is 0 Å². The molecule has 0 radical (unpaired) electrons. The Hall–Kier alpha value is -3.38. The van der Waals surface area contributed by atoms with E-state index in [4.69, 9.17) is 20.8 Å². The number of oxazole rings is 1. The molecule has 2 aromatic heterocycles. The average Bonchev–Trinajstić information content (AvgIpc) is 3.48. The fourth-order valence-corrected chi connectivity index (χ4v) is 3.20. The minimum atomic E-state index is 0.357. The molecule has 0 aliphatic heterocycles. The summed E-state index contributed by atoms with van der Waals surface area (Å²) >= 11 is 5.90. The molecule has 4 aromatic rings. The first-order chi connectivity index (χ1) is 15.2. The topological polar surface area (TPSA) is 66.0 Å². The van der Waals surface area contributed by atoms with E-state index in [2.05, 4.69) is 27.4 Å². The van der Waals surface area contributed by atoms with E-state index in [1.54, 1.807) is 12.5 Å². The quantitative estimate of drug-likeness (QED) is 0.300. The smallest absolute Gasteiger partial charge is 0.218 e. The largest absolute Gasteiger partial charge is 0.487 e. The van der Waals surface area contributed by atoms with Crippen molar-refractivity contribution in [2.75, 3.05) is 0 Å². The number of ether oxygens (including phenoxy) is 1. The van der Waals surface area contributed by atoms with Crippen molar-refractivity contribution in [2.45, 2.75) is 32.4 Å². The zero-order chi connectivity index (χ0) is 21.3. The minimum absolute atomic E-state index is 0.357. The van der Waals surface area contributed by atoms with Crippen molar-refractivity contribution in [3.63, 3.8) is 0 Å². The molecule has 0 N–H and O–H groups in total. The molecule has 2 aromatic carbocycles. The molecule has 7 heteroatoms. The molecule has 2 heterocycles. The summed E-state index contributed by atoms with van der Waals surface area (Å²) in [5.74, 6) is 1.35. The lowest BCUT2D eigenvalue weighted by Crippen LogP contribution is -1.99. The monoisotopic (exact) mass is 434 g/mol. The maximum absolute atomic E-state index is 5.90. The number of aryl methyl sites for hydroxylation is 2. The lowest BCUT2D eigenvalue weighted by Gasteiger charge is -2.06. The molecule has 0 aliphatic carbocycles. The van der Waals surface area contributed by atoms with Gasteiger partial charge in [-0.3, -0.25) is 4.68 Å². The Morgan fingerprint density at radius 3 is 2.61 bits per heavy atom. The third-order valence-corrected chi connectivity index (χ3v) is 4.99. The molecule has 0 spiro atoms. The maximum Gasteiger partial charge on any atom is 0.218 e. The Kier molecular flexibility index (Phi) is 7.13. The number of hydrogen-bond donors (Lipinski definition) is 0. The molecular weight excluding hydrogens is 412 g/mol. The summed E-state index contributed by atoms with van der Waals surface area (Å²) in [5.41, 5.74) is 3.06. The summed E-state index contributed by atoms with van der Waals surface area (Å²) in [6, 6.07) is 15.8. The average molecular weight is 435 g/mol. The first-order valence-electron chi connectivity index (χ1n) is 10.2. The summed E-state index contributed by atoms with van der Waals surface area (Å²) in [4.78, 5) is 4.43. The van der Waals surface area contributed by atoms with Gasteiger partial charge in [0.05, 0.1) is 6.20 Å². The van der Waals surface area contributed by atoms with Crippen molar-refractivity contribution in [3.05, 3.63) is 94.9 Å². The predicted octanol–water partition coefficient (Wildman–Crippen LogP) is 5.69. The van der Waals surface area contributed by atoms with Gasteiger partial charge in [-0.15, -0.1) is 5.10 Å². The molecule has 6 nitrogen and oxygen atoms in total. The summed E-state index contributed by atoms with van der Waals surface area (Å²) < 4.78 is 13.2. The number of aromatic nitrogens is 4. The van der Waals surface area contributed by atoms with E-state index in [1.165, 1.54) is 5.56 Å². The standard InChI is InChI=1S/C24H23ClN4O2/c25-21-9-4-20(5-10-21)8-13-24-27-22(18-31-24)17-30-23-11-6-19(7-12-23)3-1-2-15-29-16-14-26-28-29/h4-14,16,18H,1-3,15,17H2/b13-8+. The van der Waals surface area contributed by atoms with Crippen molar-refractivity contribution >= 4 is 23.8 Å². The van der Waals surface area contributed by atoms with Gasteiger partial charge >= 0.3 is 0 Å². The van der Waals surface area contributed by atoms with E-state index in [0.29, 0.717) is 17.5 Å². The predicted molar refractivity (Wildman–Crippen MR) is 121 cm³/mol. The first-order valence-corrected chi connectivity index (χ1v) is 10.6. The third-order valence-electron chi connectivity index (χ3n) is 4.74. The van der Waals surface area contributed by atoms with Crippen molar-refractivity contribution in [3.8, 4) is 5.75 Å². The van der Waals surface area contributed by atoms with Crippen LogP contribution >= 0.6 is 11.6 Å². The number of benzene rings is 2. The van der Waals surface area contributed by atoms with Gasteiger partial charge in [-0.1, -0.05) is 41.1 Å². The molecule has 0 fully saturated rings. The second kappa shape index (κ2) is 10.6. The van der Waals surface area contributed by atoms with E-state index in [9.17, 15) is 0 Å². The zero-order valence-electron chi connectivity index (χ0n) is 17.0. The lowest BCUT2D eigenvalue weighted by atomic mass is 10.1. The Balaban J connectivity index is 1.20. The maximum atomic E-state index is 5.90. The minimum Gasteiger partial charge on any atom is -0.487 e. The van der Waals surface area contributed by atoms with Crippen LogP contribution < -0.4 is 4.74 Å². The Morgan fingerprint density at radius 2 is 1.84 bits per heavy atom. The van der Waals surface area contributed by atoms with Crippen LogP contribution in [0.2, 0.25) is 5.02 Å². The molecule has 0 amide bonds. The van der Waals surface area contributed by atoms with Crippen LogP contribution in [0.5, 0.6) is 5.75 Å². The van der Waals surface area contributed by atoms with Crippen LogP contribution in [0.15, 0.2) is 71.6 Å². The van der Waals surface area contributed by atoms with Crippen LogP contribution in [0.25, 0.3) is 12.2 Å². The number of hydrogen-bond acceptors (Lipinski definition) is 5. The van der Waals surface area contributed by atoms with E-state index < -0.39 is 0 Å². The highest BCUT2D eigenvalue weighted by molar-refractivity contribution is 6.30. The number of rotatable bonds is 10. The van der Waals surface area contributed by atoms with Gasteiger partial charge in [-0.2, -0.15) is 0 Å². The Bertz CT molecular complexity index is 1090. The van der Waals surface area contributed by atoms with Gasteiger partial charge in [-0.25, -0.2) is 4.98 Å². The first kappa shape index (κ1) is 20.9. The van der Waals surface area contributed by atoms with E-state index in [1.807, 2.05) is 59.4 Å². The molecule has 158 valence electrons. The van der Waals surface area contributed by atoms with E-state index in [-0.39, 0.29) is 0 Å². The van der Waals surface area contributed by atoms with Gasteiger partial charge in [0, 0.05) is 23.8 Å². The van der Waals surface area contributed by atoms with Crippen LogP contribution in [0.1, 0.15) is 35.6 Å². The van der Waals surface area contributed by atoms with Crippen LogP contribution in [-0.2, 0) is 19.6 Å². The van der Waals surface area contributed by atoms with Gasteiger partial charge < -0.3 is 9.15 Å². The SMILES string of the molecule is Clc1ccc(/C=C/c2nc(COc3ccc(CCCCn4ccnn4)cc3)co2)cc1. The second-order valence-corrected chi connectivity index (χ2v) is 7.55. The van der Waals surface area contributed by atoms with Crippen molar-refractivity contribution in [1.82, 2.24) is 20.0 Å². The van der Waals surface area contributed by atoms with Gasteiger partial charge in [0.25, 0.3) is 0 Å². The lowest BCUT2D eigenvalue weighted by molar-refractivity contribution is 0.301. The molecule has 0 unspecified atom stereocenters. The van der Waals surface area contributed by atoms with Crippen molar-refractivity contribution in [1.29, 1.82) is 0 Å². The number of nitrogens with zero attached hydrogens (tertiary/aromatic N) is 4. The molecule has 4 rings (SSSR count). The highest BCUT2D eigenvalue weighted by Crippen LogP contribution is 2.17. The Morgan fingerprint density at radius 1 is 1.00 bits per heavy atom. The zero-order valence-corrected chi connectivity index (χ0v) is 17.8. The van der Waals surface area contributed by atoms with Crippen LogP contribution in [0.3, 0.4) is 0 Å². The molecular formula is C24H23ClN4O2. The normalized spacial score (nSPS) is 11.3. The van der Waals surface area contributed by atoms with Crippen LogP contribution in [0, 0.1) is 0 Å². The summed E-state index contributed by atoms with van der Waals surface area (Å²) in [6.07, 6.45) is 12.2. The molecule has 0 saturated heterocycles. The summed E-state index contributed by atoms with van der Waals surface area (Å²) in [7, 11) is 0. The van der Waals surface area contributed by atoms with Crippen LogP contribution in [-0.4, -0.2) is 20.0 Å². The van der Waals surface area contributed by atoms with E-state index in [0.717, 1.165) is 42.8 Å². The van der Waals surface area contributed by atoms with Crippen molar-refractivity contribution < 1.29 is 9.15 Å². The summed E-state index contributed by atoms with van der Waals surface area (Å²) in [6.45, 7) is 1.26. The summed E-state index contributed by atoms with van der Waals surface area (Å²) in [5, 5.41) is 8.50. The molecule has 0 aliphatic rings. The fraction of sp³-hybridized carbons (Fsp3) is 0.208. The molecule has 0 bridgehead atoms. The van der Waals surface area contributed by atoms with Crippen LogP contribution in [0.4, 0.5) is 0 Å². The fourth-order valence-electron chi connectivity index (χ4n) is 3.07. The second-order valence-electron chi connectivity index (χ2n) is 7.12. The Labute approximate surface area is 186 Å². The van der Waals surface area contributed by atoms with Gasteiger partial charge in [-0.05, 0) is 60.7 Å². The highest BCUT2D eigenvalue weighted by atomic mass is 35.5.